The lowest BCUT2D eigenvalue weighted by molar-refractivity contribution is 0.480. The molecule has 0 aliphatic heterocycles. The van der Waals surface area contributed by atoms with Crippen LogP contribution in [0.3, 0.4) is 0 Å². The van der Waals surface area contributed by atoms with Crippen LogP contribution in [0.1, 0.15) is 83.6 Å². The third kappa shape index (κ3) is 13.8. The molecule has 5 heteroatoms. The van der Waals surface area contributed by atoms with E-state index in [1.165, 1.54) is 57.8 Å². The SMILES string of the molecule is CCCCCCCCCCC(C)NCCC=Cc1ccc(NS(C)(=O)=O)cc1. The van der Waals surface area contributed by atoms with E-state index in [0.717, 1.165) is 24.8 Å². The van der Waals surface area contributed by atoms with Gasteiger partial charge in [0.05, 0.1) is 6.26 Å². The van der Waals surface area contributed by atoms with Gasteiger partial charge in [-0.25, -0.2) is 8.42 Å². The molecule has 160 valence electrons. The smallest absolute Gasteiger partial charge is 0.229 e. The molecule has 1 unspecified atom stereocenters. The summed E-state index contributed by atoms with van der Waals surface area (Å²) in [6.45, 7) is 5.53. The van der Waals surface area contributed by atoms with E-state index in [4.69, 9.17) is 0 Å². The standard InChI is InChI=1S/C23H40N2O2S/c1-4-5-6-7-8-9-10-11-14-21(2)24-20-13-12-15-22-16-18-23(19-17-22)25-28(3,26)27/h12,15-19,21,24-25H,4-11,13-14,20H2,1-3H3. The maximum atomic E-state index is 11.2. The van der Waals surface area contributed by atoms with Crippen molar-refractivity contribution in [1.82, 2.24) is 5.32 Å². The summed E-state index contributed by atoms with van der Waals surface area (Å²) in [5.74, 6) is 0. The number of hydrogen-bond acceptors (Lipinski definition) is 3. The van der Waals surface area contributed by atoms with Crippen LogP contribution in [0.15, 0.2) is 30.3 Å². The summed E-state index contributed by atoms with van der Waals surface area (Å²) in [5.41, 5.74) is 1.67. The van der Waals surface area contributed by atoms with Gasteiger partial charge in [0.1, 0.15) is 0 Å². The van der Waals surface area contributed by atoms with Gasteiger partial charge in [-0.1, -0.05) is 82.6 Å². The van der Waals surface area contributed by atoms with Crippen molar-refractivity contribution in [3.8, 4) is 0 Å². The molecule has 1 aromatic rings. The van der Waals surface area contributed by atoms with Crippen molar-refractivity contribution in [3.63, 3.8) is 0 Å². The largest absolute Gasteiger partial charge is 0.314 e. The second kappa shape index (κ2) is 14.6. The van der Waals surface area contributed by atoms with Crippen LogP contribution in [0.25, 0.3) is 6.08 Å². The molecular formula is C23H40N2O2S. The maximum Gasteiger partial charge on any atom is 0.229 e. The van der Waals surface area contributed by atoms with Crippen molar-refractivity contribution in [2.24, 2.45) is 0 Å². The van der Waals surface area contributed by atoms with Gasteiger partial charge >= 0.3 is 0 Å². The highest BCUT2D eigenvalue weighted by molar-refractivity contribution is 7.92. The summed E-state index contributed by atoms with van der Waals surface area (Å²) in [4.78, 5) is 0. The second-order valence-electron chi connectivity index (χ2n) is 7.81. The van der Waals surface area contributed by atoms with Gasteiger partial charge in [0, 0.05) is 11.7 Å². The van der Waals surface area contributed by atoms with Crippen LogP contribution in [-0.4, -0.2) is 27.3 Å². The molecular weight excluding hydrogens is 368 g/mol. The third-order valence-electron chi connectivity index (χ3n) is 4.82. The monoisotopic (exact) mass is 408 g/mol. The molecule has 0 spiro atoms. The zero-order chi connectivity index (χ0) is 20.7. The Bertz CT molecular complexity index is 639. The zero-order valence-electron chi connectivity index (χ0n) is 18.0. The Morgan fingerprint density at radius 3 is 2.18 bits per heavy atom. The second-order valence-corrected chi connectivity index (χ2v) is 9.55. The molecule has 0 saturated carbocycles. The molecule has 0 amide bonds. The van der Waals surface area contributed by atoms with E-state index in [-0.39, 0.29) is 0 Å². The van der Waals surface area contributed by atoms with Crippen molar-refractivity contribution >= 4 is 21.8 Å². The number of sulfonamides is 1. The minimum absolute atomic E-state index is 0.579. The van der Waals surface area contributed by atoms with E-state index in [2.05, 4.69) is 36.0 Å². The predicted molar refractivity (Wildman–Crippen MR) is 123 cm³/mol. The number of hydrogen-bond donors (Lipinski definition) is 2. The molecule has 0 aliphatic rings. The average Bonchev–Trinajstić information content (AvgIpc) is 2.64. The van der Waals surface area contributed by atoms with Crippen LogP contribution >= 0.6 is 0 Å². The Morgan fingerprint density at radius 1 is 0.964 bits per heavy atom. The average molecular weight is 409 g/mol. The quantitative estimate of drug-likeness (QED) is 0.331. The van der Waals surface area contributed by atoms with Crippen LogP contribution in [0.5, 0.6) is 0 Å². The van der Waals surface area contributed by atoms with Crippen LogP contribution in [0.2, 0.25) is 0 Å². The summed E-state index contributed by atoms with van der Waals surface area (Å²) < 4.78 is 24.9. The fourth-order valence-electron chi connectivity index (χ4n) is 3.20. The molecule has 0 heterocycles. The lowest BCUT2D eigenvalue weighted by atomic mass is 10.1. The topological polar surface area (TPSA) is 58.2 Å². The molecule has 0 radical (unpaired) electrons. The molecule has 0 bridgehead atoms. The Balaban J connectivity index is 2.07. The first-order valence-electron chi connectivity index (χ1n) is 10.9. The Kier molecular flexibility index (Phi) is 12.9. The van der Waals surface area contributed by atoms with Crippen molar-refractivity contribution in [2.75, 3.05) is 17.5 Å². The predicted octanol–water partition coefficient (Wildman–Crippen LogP) is 5.97. The highest BCUT2D eigenvalue weighted by atomic mass is 32.2. The molecule has 0 fully saturated rings. The fourth-order valence-corrected chi connectivity index (χ4v) is 3.76. The van der Waals surface area contributed by atoms with Crippen LogP contribution < -0.4 is 10.0 Å². The summed E-state index contributed by atoms with van der Waals surface area (Å²) in [5, 5.41) is 3.59. The van der Waals surface area contributed by atoms with Crippen LogP contribution in [0.4, 0.5) is 5.69 Å². The van der Waals surface area contributed by atoms with Crippen molar-refractivity contribution in [3.05, 3.63) is 35.9 Å². The highest BCUT2D eigenvalue weighted by Crippen LogP contribution is 2.12. The Hall–Kier alpha value is -1.33. The first-order chi connectivity index (χ1) is 13.4. The number of nitrogens with one attached hydrogen (secondary N) is 2. The van der Waals surface area contributed by atoms with E-state index in [1.807, 2.05) is 12.1 Å². The molecule has 2 N–H and O–H groups in total. The zero-order valence-corrected chi connectivity index (χ0v) is 18.9. The van der Waals surface area contributed by atoms with Gasteiger partial charge in [0.15, 0.2) is 0 Å². The molecule has 0 saturated heterocycles. The lowest BCUT2D eigenvalue weighted by Crippen LogP contribution is -2.26. The van der Waals surface area contributed by atoms with Crippen molar-refractivity contribution in [2.45, 2.75) is 84.1 Å². The maximum absolute atomic E-state index is 11.2. The number of unbranched alkanes of at least 4 members (excludes halogenated alkanes) is 7. The molecule has 0 aliphatic carbocycles. The number of anilines is 1. The molecule has 1 atom stereocenters. The van der Waals surface area contributed by atoms with Crippen molar-refractivity contribution < 1.29 is 8.42 Å². The third-order valence-corrected chi connectivity index (χ3v) is 5.43. The van der Waals surface area contributed by atoms with Gasteiger partial charge in [-0.2, -0.15) is 0 Å². The molecule has 1 rings (SSSR count). The number of rotatable bonds is 16. The highest BCUT2D eigenvalue weighted by Gasteiger charge is 2.01. The van der Waals surface area contributed by atoms with E-state index >= 15 is 0 Å². The lowest BCUT2D eigenvalue weighted by Gasteiger charge is -2.12. The van der Waals surface area contributed by atoms with E-state index in [1.54, 1.807) is 12.1 Å². The van der Waals surface area contributed by atoms with Gasteiger partial charge in [-0.15, -0.1) is 0 Å². The van der Waals surface area contributed by atoms with Gasteiger partial charge in [0.25, 0.3) is 0 Å². The summed E-state index contributed by atoms with van der Waals surface area (Å²) in [7, 11) is -3.21. The fraction of sp³-hybridized carbons (Fsp3) is 0.652. The Morgan fingerprint density at radius 2 is 1.57 bits per heavy atom. The van der Waals surface area contributed by atoms with Gasteiger partial charge in [-0.3, -0.25) is 4.72 Å². The van der Waals surface area contributed by atoms with Crippen molar-refractivity contribution in [1.29, 1.82) is 0 Å². The first-order valence-corrected chi connectivity index (χ1v) is 12.8. The minimum atomic E-state index is -3.21. The van der Waals surface area contributed by atoms with Crippen LogP contribution in [-0.2, 0) is 10.0 Å². The minimum Gasteiger partial charge on any atom is -0.314 e. The summed E-state index contributed by atoms with van der Waals surface area (Å²) in [6, 6.07) is 7.98. The molecule has 28 heavy (non-hydrogen) atoms. The molecule has 1 aromatic carbocycles. The van der Waals surface area contributed by atoms with Gasteiger partial charge < -0.3 is 5.32 Å². The summed E-state index contributed by atoms with van der Waals surface area (Å²) >= 11 is 0. The molecule has 4 nitrogen and oxygen atoms in total. The van der Waals surface area contributed by atoms with Crippen LogP contribution in [0, 0.1) is 0 Å². The normalized spacial score (nSPS) is 13.1. The van der Waals surface area contributed by atoms with E-state index < -0.39 is 10.0 Å². The van der Waals surface area contributed by atoms with Gasteiger partial charge in [0.2, 0.25) is 10.0 Å². The summed E-state index contributed by atoms with van der Waals surface area (Å²) in [6.07, 6.45) is 18.7. The van der Waals surface area contributed by atoms with E-state index in [0.29, 0.717) is 11.7 Å². The van der Waals surface area contributed by atoms with E-state index in [9.17, 15) is 8.42 Å². The van der Waals surface area contributed by atoms with Gasteiger partial charge in [-0.05, 0) is 44.0 Å². The first kappa shape index (κ1) is 24.7. The molecule has 0 aromatic heterocycles. The Labute approximate surface area is 173 Å². The number of benzene rings is 1.